The minimum Gasteiger partial charge on any atom is -0.502 e. The standard InChI is InChI=1S/C16H30O/c1-2-3-4-9-14-17-15-10-8-13-16-11-6-5-7-12-16/h9,14,16H,2-8,10-13,15H2,1H3. The number of hydrogen-bond acceptors (Lipinski definition) is 1. The van der Waals surface area contributed by atoms with Gasteiger partial charge < -0.3 is 4.74 Å². The quantitative estimate of drug-likeness (QED) is 0.383. The van der Waals surface area contributed by atoms with Gasteiger partial charge in [0.1, 0.15) is 0 Å². The summed E-state index contributed by atoms with van der Waals surface area (Å²) in [6.07, 6.45) is 19.2. The highest BCUT2D eigenvalue weighted by Crippen LogP contribution is 2.27. The third kappa shape index (κ3) is 8.29. The van der Waals surface area contributed by atoms with E-state index < -0.39 is 0 Å². The number of allylic oxidation sites excluding steroid dienone is 1. The summed E-state index contributed by atoms with van der Waals surface area (Å²) in [4.78, 5) is 0. The highest BCUT2D eigenvalue weighted by atomic mass is 16.5. The molecule has 0 saturated heterocycles. The monoisotopic (exact) mass is 238 g/mol. The Morgan fingerprint density at radius 3 is 2.65 bits per heavy atom. The molecular formula is C16H30O. The van der Waals surface area contributed by atoms with Crippen molar-refractivity contribution in [1.82, 2.24) is 0 Å². The van der Waals surface area contributed by atoms with Crippen LogP contribution in [0, 0.1) is 5.92 Å². The summed E-state index contributed by atoms with van der Waals surface area (Å²) in [6.45, 7) is 3.13. The number of rotatable bonds is 9. The zero-order valence-corrected chi connectivity index (χ0v) is 11.6. The van der Waals surface area contributed by atoms with Gasteiger partial charge >= 0.3 is 0 Å². The van der Waals surface area contributed by atoms with Crippen molar-refractivity contribution >= 4 is 0 Å². The van der Waals surface area contributed by atoms with E-state index >= 15 is 0 Å². The first kappa shape index (κ1) is 14.6. The summed E-state index contributed by atoms with van der Waals surface area (Å²) < 4.78 is 5.49. The molecule has 1 fully saturated rings. The van der Waals surface area contributed by atoms with Crippen molar-refractivity contribution in [3.63, 3.8) is 0 Å². The van der Waals surface area contributed by atoms with Gasteiger partial charge in [-0.1, -0.05) is 51.9 Å². The molecule has 1 saturated carbocycles. The first-order valence-electron chi connectivity index (χ1n) is 7.70. The molecule has 17 heavy (non-hydrogen) atoms. The predicted molar refractivity (Wildman–Crippen MR) is 75.0 cm³/mol. The third-order valence-corrected chi connectivity index (χ3v) is 3.77. The minimum atomic E-state index is 0.912. The lowest BCUT2D eigenvalue weighted by molar-refractivity contribution is 0.232. The van der Waals surface area contributed by atoms with Gasteiger partial charge in [-0.25, -0.2) is 0 Å². The molecule has 1 aliphatic carbocycles. The molecule has 0 aliphatic heterocycles. The van der Waals surface area contributed by atoms with Gasteiger partial charge in [-0.15, -0.1) is 0 Å². The number of unbranched alkanes of at least 4 members (excludes halogenated alkanes) is 3. The molecule has 1 aliphatic rings. The molecule has 0 atom stereocenters. The normalized spacial score (nSPS) is 17.7. The van der Waals surface area contributed by atoms with Gasteiger partial charge in [0.15, 0.2) is 0 Å². The van der Waals surface area contributed by atoms with E-state index in [1.54, 1.807) is 0 Å². The SMILES string of the molecule is CCCCC=COCCCCC1CCCCC1. The zero-order chi connectivity index (χ0) is 12.2. The van der Waals surface area contributed by atoms with E-state index in [0.29, 0.717) is 0 Å². The van der Waals surface area contributed by atoms with Gasteiger partial charge in [0.25, 0.3) is 0 Å². The van der Waals surface area contributed by atoms with Crippen LogP contribution in [0.5, 0.6) is 0 Å². The van der Waals surface area contributed by atoms with Gasteiger partial charge in [0.2, 0.25) is 0 Å². The zero-order valence-electron chi connectivity index (χ0n) is 11.6. The third-order valence-electron chi connectivity index (χ3n) is 3.77. The van der Waals surface area contributed by atoms with Crippen LogP contribution < -0.4 is 0 Å². The fourth-order valence-corrected chi connectivity index (χ4v) is 2.62. The fourth-order valence-electron chi connectivity index (χ4n) is 2.62. The van der Waals surface area contributed by atoms with Gasteiger partial charge in [-0.2, -0.15) is 0 Å². The highest BCUT2D eigenvalue weighted by Gasteiger charge is 2.12. The van der Waals surface area contributed by atoms with Crippen LogP contribution in [-0.4, -0.2) is 6.61 Å². The second-order valence-electron chi connectivity index (χ2n) is 5.38. The summed E-state index contributed by atoms with van der Waals surface area (Å²) in [5, 5.41) is 0. The van der Waals surface area contributed by atoms with Crippen LogP contribution in [0.4, 0.5) is 0 Å². The molecular weight excluding hydrogens is 208 g/mol. The van der Waals surface area contributed by atoms with Crippen molar-refractivity contribution in [2.24, 2.45) is 5.92 Å². The molecule has 0 radical (unpaired) electrons. The Labute approximate surface area is 108 Å². The molecule has 0 heterocycles. The van der Waals surface area contributed by atoms with Crippen LogP contribution in [-0.2, 0) is 4.74 Å². The van der Waals surface area contributed by atoms with Gasteiger partial charge in [-0.3, -0.25) is 0 Å². The van der Waals surface area contributed by atoms with Gasteiger partial charge in [-0.05, 0) is 37.7 Å². The molecule has 100 valence electrons. The average Bonchev–Trinajstić information content (AvgIpc) is 2.38. The van der Waals surface area contributed by atoms with Crippen LogP contribution in [0.25, 0.3) is 0 Å². The van der Waals surface area contributed by atoms with E-state index in [2.05, 4.69) is 13.0 Å². The van der Waals surface area contributed by atoms with E-state index in [1.165, 1.54) is 70.6 Å². The molecule has 0 aromatic carbocycles. The molecule has 0 spiro atoms. The number of ether oxygens (including phenoxy) is 1. The molecule has 0 amide bonds. The minimum absolute atomic E-state index is 0.912. The van der Waals surface area contributed by atoms with Crippen molar-refractivity contribution < 1.29 is 4.74 Å². The molecule has 0 aromatic rings. The van der Waals surface area contributed by atoms with E-state index in [4.69, 9.17) is 4.74 Å². The topological polar surface area (TPSA) is 9.23 Å². The Bertz CT molecular complexity index is 180. The van der Waals surface area contributed by atoms with Crippen molar-refractivity contribution in [3.05, 3.63) is 12.3 Å². The average molecular weight is 238 g/mol. The van der Waals surface area contributed by atoms with E-state index in [1.807, 2.05) is 6.26 Å². The fraction of sp³-hybridized carbons (Fsp3) is 0.875. The molecule has 1 nitrogen and oxygen atoms in total. The lowest BCUT2D eigenvalue weighted by Gasteiger charge is -2.21. The van der Waals surface area contributed by atoms with Crippen molar-refractivity contribution in [3.8, 4) is 0 Å². The van der Waals surface area contributed by atoms with Gasteiger partial charge in [0, 0.05) is 0 Å². The maximum atomic E-state index is 5.49. The van der Waals surface area contributed by atoms with Crippen LogP contribution in [0.3, 0.4) is 0 Å². The van der Waals surface area contributed by atoms with E-state index in [-0.39, 0.29) is 0 Å². The summed E-state index contributed by atoms with van der Waals surface area (Å²) >= 11 is 0. The van der Waals surface area contributed by atoms with Crippen LogP contribution in [0.15, 0.2) is 12.3 Å². The summed E-state index contributed by atoms with van der Waals surface area (Å²) in [5.74, 6) is 1.03. The molecule has 0 N–H and O–H groups in total. The Hall–Kier alpha value is -0.460. The van der Waals surface area contributed by atoms with Crippen LogP contribution in [0.2, 0.25) is 0 Å². The lowest BCUT2D eigenvalue weighted by Crippen LogP contribution is -2.06. The van der Waals surface area contributed by atoms with Crippen LogP contribution >= 0.6 is 0 Å². The molecule has 0 unspecified atom stereocenters. The molecule has 0 aromatic heterocycles. The Morgan fingerprint density at radius 2 is 1.88 bits per heavy atom. The van der Waals surface area contributed by atoms with Crippen LogP contribution in [0.1, 0.15) is 77.6 Å². The first-order chi connectivity index (χ1) is 8.43. The van der Waals surface area contributed by atoms with E-state index in [9.17, 15) is 0 Å². The maximum Gasteiger partial charge on any atom is 0.0873 e. The Balaban J connectivity index is 1.82. The number of hydrogen-bond donors (Lipinski definition) is 0. The van der Waals surface area contributed by atoms with E-state index in [0.717, 1.165) is 12.5 Å². The summed E-state index contributed by atoms with van der Waals surface area (Å²) in [5.41, 5.74) is 0. The highest BCUT2D eigenvalue weighted by molar-refractivity contribution is 4.72. The summed E-state index contributed by atoms with van der Waals surface area (Å²) in [7, 11) is 0. The molecule has 1 heteroatoms. The van der Waals surface area contributed by atoms with Gasteiger partial charge in [0.05, 0.1) is 12.9 Å². The Morgan fingerprint density at radius 1 is 1.06 bits per heavy atom. The first-order valence-corrected chi connectivity index (χ1v) is 7.70. The lowest BCUT2D eigenvalue weighted by atomic mass is 9.86. The van der Waals surface area contributed by atoms with Crippen molar-refractivity contribution in [1.29, 1.82) is 0 Å². The van der Waals surface area contributed by atoms with Crippen molar-refractivity contribution in [2.45, 2.75) is 77.6 Å². The largest absolute Gasteiger partial charge is 0.502 e. The molecule has 1 rings (SSSR count). The Kier molecular flexibility index (Phi) is 9.17. The smallest absolute Gasteiger partial charge is 0.0873 e. The van der Waals surface area contributed by atoms with Crippen molar-refractivity contribution in [2.75, 3.05) is 6.61 Å². The maximum absolute atomic E-state index is 5.49. The second kappa shape index (κ2) is 10.7. The predicted octanol–water partition coefficient (Wildman–Crippen LogP) is 5.46. The second-order valence-corrected chi connectivity index (χ2v) is 5.38. The summed E-state index contributed by atoms with van der Waals surface area (Å²) in [6, 6.07) is 0. The molecule has 0 bridgehead atoms.